The smallest absolute Gasteiger partial charge is 0.253 e. The summed E-state index contributed by atoms with van der Waals surface area (Å²) in [5.74, 6) is 0.401. The van der Waals surface area contributed by atoms with Crippen LogP contribution in [0.4, 0.5) is 0 Å². The topological polar surface area (TPSA) is 76.5 Å². The molecule has 1 fully saturated rings. The Kier molecular flexibility index (Phi) is 8.00. The Labute approximate surface area is 217 Å². The number of ether oxygens (including phenoxy) is 1. The van der Waals surface area contributed by atoms with Crippen LogP contribution in [0.25, 0.3) is 10.9 Å². The fourth-order valence-corrected chi connectivity index (χ4v) is 4.72. The number of nitrogens with one attached hydrogen (secondary N) is 1. The van der Waals surface area contributed by atoms with E-state index < -0.39 is 0 Å². The van der Waals surface area contributed by atoms with Crippen LogP contribution in [0.5, 0.6) is 0 Å². The zero-order valence-electron chi connectivity index (χ0n) is 21.5. The summed E-state index contributed by atoms with van der Waals surface area (Å²) in [6.45, 7) is 11.1. The number of aryl methyl sites for hydroxylation is 1. The third-order valence-electron chi connectivity index (χ3n) is 6.61. The molecule has 0 saturated carbocycles. The van der Waals surface area contributed by atoms with Crippen molar-refractivity contribution in [3.8, 4) is 0 Å². The van der Waals surface area contributed by atoms with Crippen molar-refractivity contribution >= 4 is 34.3 Å². The second-order valence-electron chi connectivity index (χ2n) is 10.5. The highest BCUT2D eigenvalue weighted by Crippen LogP contribution is 2.25. The average Bonchev–Trinajstić information content (AvgIpc) is 3.25. The van der Waals surface area contributed by atoms with Crippen molar-refractivity contribution in [3.05, 3.63) is 64.3 Å². The lowest BCUT2D eigenvalue weighted by atomic mass is 9.96. The zero-order valence-corrected chi connectivity index (χ0v) is 22.3. The second-order valence-corrected chi connectivity index (χ2v) is 10.9. The Hall–Kier alpha value is -2.90. The number of benzene rings is 2. The molecule has 1 aliphatic rings. The largest absolute Gasteiger partial charge is 0.374 e. The summed E-state index contributed by atoms with van der Waals surface area (Å²) in [7, 11) is 0. The molecule has 0 unspecified atom stereocenters. The minimum atomic E-state index is -0.225. The molecule has 192 valence electrons. The molecule has 0 radical (unpaired) electrons. The van der Waals surface area contributed by atoms with Crippen LogP contribution in [-0.4, -0.2) is 58.3 Å². The Morgan fingerprint density at radius 3 is 2.47 bits per heavy atom. The van der Waals surface area contributed by atoms with Gasteiger partial charge in [-0.15, -0.1) is 0 Å². The minimum Gasteiger partial charge on any atom is -0.374 e. The molecule has 1 saturated heterocycles. The normalized spacial score (nSPS) is 14.9. The molecular weight excluding hydrogens is 476 g/mol. The molecule has 0 bridgehead atoms. The van der Waals surface area contributed by atoms with Gasteiger partial charge in [0.05, 0.1) is 17.7 Å². The van der Waals surface area contributed by atoms with Crippen molar-refractivity contribution in [2.24, 2.45) is 5.92 Å². The standard InChI is InChI=1S/C28H35ClN4O3/c1-19-23(26(34)30-13-16-36-28(2,3)4)9-10-25-24(19)18-33(31-25)17-20-11-14-32(15-12-20)27(35)21-5-7-22(29)8-6-21/h5-10,18,20H,11-17H2,1-4H3,(H,30,34). The fraction of sp³-hybridized carbons (Fsp3) is 0.464. The van der Waals surface area contributed by atoms with Crippen LogP contribution in [-0.2, 0) is 11.3 Å². The number of hydrogen-bond donors (Lipinski definition) is 1. The molecule has 1 N–H and O–H groups in total. The van der Waals surface area contributed by atoms with Gasteiger partial charge < -0.3 is 15.0 Å². The summed E-state index contributed by atoms with van der Waals surface area (Å²) >= 11 is 5.94. The fourth-order valence-electron chi connectivity index (χ4n) is 4.60. The summed E-state index contributed by atoms with van der Waals surface area (Å²) in [5, 5.41) is 9.32. The number of carbonyl (C=O) groups excluding carboxylic acids is 2. The van der Waals surface area contributed by atoms with Crippen molar-refractivity contribution in [2.45, 2.75) is 52.7 Å². The lowest BCUT2D eigenvalue weighted by Gasteiger charge is -2.32. The van der Waals surface area contributed by atoms with Crippen molar-refractivity contribution < 1.29 is 14.3 Å². The number of amides is 2. The monoisotopic (exact) mass is 510 g/mol. The van der Waals surface area contributed by atoms with E-state index in [4.69, 9.17) is 21.4 Å². The van der Waals surface area contributed by atoms with Crippen LogP contribution >= 0.6 is 11.6 Å². The predicted octanol–water partition coefficient (Wildman–Crippen LogP) is 5.10. The van der Waals surface area contributed by atoms with E-state index in [1.807, 2.05) is 55.6 Å². The van der Waals surface area contributed by atoms with Crippen LogP contribution < -0.4 is 5.32 Å². The first-order valence-electron chi connectivity index (χ1n) is 12.5. The van der Waals surface area contributed by atoms with E-state index in [1.165, 1.54) is 0 Å². The van der Waals surface area contributed by atoms with Gasteiger partial charge in [-0.25, -0.2) is 0 Å². The minimum absolute atomic E-state index is 0.0568. The molecule has 2 aromatic carbocycles. The lowest BCUT2D eigenvalue weighted by molar-refractivity contribution is -0.000658. The number of rotatable bonds is 7. The van der Waals surface area contributed by atoms with E-state index >= 15 is 0 Å². The lowest BCUT2D eigenvalue weighted by Crippen LogP contribution is -2.39. The van der Waals surface area contributed by atoms with Crippen LogP contribution in [0, 0.1) is 12.8 Å². The van der Waals surface area contributed by atoms with Crippen molar-refractivity contribution in [1.29, 1.82) is 0 Å². The van der Waals surface area contributed by atoms with Crippen LogP contribution in [0.3, 0.4) is 0 Å². The van der Waals surface area contributed by atoms with Gasteiger partial charge in [0.15, 0.2) is 0 Å². The molecular formula is C28H35ClN4O3. The van der Waals surface area contributed by atoms with E-state index in [1.54, 1.807) is 24.3 Å². The molecule has 0 aliphatic carbocycles. The summed E-state index contributed by atoms with van der Waals surface area (Å²) < 4.78 is 7.67. The summed E-state index contributed by atoms with van der Waals surface area (Å²) in [5.41, 5.74) is 2.92. The summed E-state index contributed by atoms with van der Waals surface area (Å²) in [6.07, 6.45) is 3.90. The average molecular weight is 511 g/mol. The van der Waals surface area contributed by atoms with Crippen LogP contribution in [0.15, 0.2) is 42.6 Å². The van der Waals surface area contributed by atoms with E-state index in [2.05, 4.69) is 5.32 Å². The van der Waals surface area contributed by atoms with Gasteiger partial charge in [-0.3, -0.25) is 14.3 Å². The van der Waals surface area contributed by atoms with Crippen molar-refractivity contribution in [3.63, 3.8) is 0 Å². The van der Waals surface area contributed by atoms with Crippen molar-refractivity contribution in [2.75, 3.05) is 26.2 Å². The van der Waals surface area contributed by atoms with E-state index in [9.17, 15) is 9.59 Å². The molecule has 2 heterocycles. The maximum Gasteiger partial charge on any atom is 0.253 e. The van der Waals surface area contributed by atoms with Crippen LogP contribution in [0.2, 0.25) is 5.02 Å². The van der Waals surface area contributed by atoms with Gasteiger partial charge in [0.25, 0.3) is 11.8 Å². The molecule has 4 rings (SSSR count). The number of carbonyl (C=O) groups is 2. The number of piperidine rings is 1. The molecule has 1 aromatic heterocycles. The molecule has 0 spiro atoms. The molecule has 3 aromatic rings. The van der Waals surface area contributed by atoms with E-state index in [-0.39, 0.29) is 17.4 Å². The molecule has 1 aliphatic heterocycles. The Morgan fingerprint density at radius 2 is 1.81 bits per heavy atom. The third-order valence-corrected chi connectivity index (χ3v) is 6.86. The van der Waals surface area contributed by atoms with Gasteiger partial charge in [-0.2, -0.15) is 5.10 Å². The number of nitrogens with zero attached hydrogens (tertiary/aromatic N) is 3. The Morgan fingerprint density at radius 1 is 1.11 bits per heavy atom. The summed E-state index contributed by atoms with van der Waals surface area (Å²) in [6, 6.07) is 10.8. The van der Waals surface area contributed by atoms with Gasteiger partial charge in [0.1, 0.15) is 0 Å². The molecule has 2 amide bonds. The van der Waals surface area contributed by atoms with Gasteiger partial charge >= 0.3 is 0 Å². The van der Waals surface area contributed by atoms with E-state index in [0.29, 0.717) is 35.2 Å². The number of hydrogen-bond acceptors (Lipinski definition) is 4. The first-order valence-corrected chi connectivity index (χ1v) is 12.9. The third kappa shape index (κ3) is 6.45. The molecule has 8 heteroatoms. The van der Waals surface area contributed by atoms with Gasteiger partial charge in [0, 0.05) is 53.9 Å². The Bertz CT molecular complexity index is 1220. The second kappa shape index (κ2) is 11.0. The van der Waals surface area contributed by atoms with Gasteiger partial charge in [-0.05, 0) is 88.4 Å². The zero-order chi connectivity index (χ0) is 25.9. The molecule has 0 atom stereocenters. The summed E-state index contributed by atoms with van der Waals surface area (Å²) in [4.78, 5) is 27.4. The first-order chi connectivity index (χ1) is 17.1. The number of likely N-dealkylation sites (tertiary alicyclic amines) is 1. The SMILES string of the molecule is Cc1c(C(=O)NCCOC(C)(C)C)ccc2nn(CC3CCN(C(=O)c4ccc(Cl)cc4)CC3)cc12. The molecule has 36 heavy (non-hydrogen) atoms. The quantitative estimate of drug-likeness (QED) is 0.449. The van der Waals surface area contributed by atoms with Gasteiger partial charge in [-0.1, -0.05) is 11.6 Å². The molecule has 7 nitrogen and oxygen atoms in total. The maximum absolute atomic E-state index is 12.8. The van der Waals surface area contributed by atoms with Crippen LogP contribution in [0.1, 0.15) is 59.9 Å². The number of fused-ring (bicyclic) bond motifs is 1. The predicted molar refractivity (Wildman–Crippen MR) is 143 cm³/mol. The van der Waals surface area contributed by atoms with Crippen molar-refractivity contribution in [1.82, 2.24) is 20.0 Å². The highest BCUT2D eigenvalue weighted by molar-refractivity contribution is 6.30. The van der Waals surface area contributed by atoms with Gasteiger partial charge in [0.2, 0.25) is 0 Å². The number of halogens is 1. The maximum atomic E-state index is 12.8. The van der Waals surface area contributed by atoms with E-state index in [0.717, 1.165) is 48.9 Å². The first kappa shape index (κ1) is 26.2. The highest BCUT2D eigenvalue weighted by atomic mass is 35.5. The Balaban J connectivity index is 1.34. The number of aromatic nitrogens is 2. The highest BCUT2D eigenvalue weighted by Gasteiger charge is 2.24.